The van der Waals surface area contributed by atoms with Gasteiger partial charge >= 0.3 is 0 Å². The van der Waals surface area contributed by atoms with Crippen LogP contribution in [0.2, 0.25) is 0 Å². The summed E-state index contributed by atoms with van der Waals surface area (Å²) in [5.74, 6) is 0.0972. The minimum atomic E-state index is -0.130. The number of hydrogen-bond acceptors (Lipinski definition) is 0. The van der Waals surface area contributed by atoms with Crippen LogP contribution in [0.1, 0.15) is 25.3 Å². The van der Waals surface area contributed by atoms with E-state index in [1.807, 2.05) is 19.9 Å². The van der Waals surface area contributed by atoms with Crippen LogP contribution in [0.3, 0.4) is 0 Å². The fourth-order valence-electron chi connectivity index (χ4n) is 1.06. The van der Waals surface area contributed by atoms with E-state index >= 15 is 0 Å². The Balaban J connectivity index is 3.21. The molecular weight excluding hydrogens is 207 g/mol. The highest BCUT2D eigenvalue weighted by atomic mass is 79.9. The van der Waals surface area contributed by atoms with Crippen molar-refractivity contribution in [2.24, 2.45) is 0 Å². The van der Waals surface area contributed by atoms with Gasteiger partial charge in [0.15, 0.2) is 0 Å². The summed E-state index contributed by atoms with van der Waals surface area (Å²) in [5, 5.41) is 0. The van der Waals surface area contributed by atoms with Crippen LogP contribution < -0.4 is 0 Å². The average Bonchev–Trinajstić information content (AvgIpc) is 1.85. The third-order valence-corrected chi connectivity index (χ3v) is 2.27. The highest BCUT2D eigenvalue weighted by molar-refractivity contribution is 9.10. The number of rotatable bonds is 1. The zero-order chi connectivity index (χ0) is 8.43. The van der Waals surface area contributed by atoms with Crippen molar-refractivity contribution in [1.29, 1.82) is 0 Å². The molecule has 0 nitrogen and oxygen atoms in total. The maximum Gasteiger partial charge on any atom is 0.127 e. The number of benzene rings is 1. The third kappa shape index (κ3) is 1.80. The summed E-state index contributed by atoms with van der Waals surface area (Å²) in [6, 6.07) is 5.05. The molecule has 1 aromatic carbocycles. The van der Waals surface area contributed by atoms with E-state index in [4.69, 9.17) is 0 Å². The first-order valence-corrected chi connectivity index (χ1v) is 4.36. The quantitative estimate of drug-likeness (QED) is 0.672. The van der Waals surface area contributed by atoms with Gasteiger partial charge in [0.1, 0.15) is 5.82 Å². The van der Waals surface area contributed by atoms with Crippen LogP contribution in [0.15, 0.2) is 22.7 Å². The van der Waals surface area contributed by atoms with Gasteiger partial charge < -0.3 is 0 Å². The van der Waals surface area contributed by atoms with Crippen LogP contribution in [0.4, 0.5) is 4.39 Å². The molecule has 0 fully saturated rings. The fourth-order valence-corrected chi connectivity index (χ4v) is 1.86. The molecule has 0 atom stereocenters. The Morgan fingerprint density at radius 3 is 2.36 bits per heavy atom. The van der Waals surface area contributed by atoms with Gasteiger partial charge in [0.05, 0.1) is 0 Å². The molecule has 0 saturated heterocycles. The molecule has 0 radical (unpaired) electrons. The fraction of sp³-hybridized carbons (Fsp3) is 0.333. The largest absolute Gasteiger partial charge is 0.207 e. The normalized spacial score (nSPS) is 10.6. The molecule has 2 heteroatoms. The molecule has 1 rings (SSSR count). The molecule has 0 aliphatic heterocycles. The van der Waals surface area contributed by atoms with Crippen molar-refractivity contribution < 1.29 is 4.39 Å². The molecule has 0 N–H and O–H groups in total. The van der Waals surface area contributed by atoms with Gasteiger partial charge in [-0.05, 0) is 18.1 Å². The van der Waals surface area contributed by atoms with Crippen molar-refractivity contribution in [3.63, 3.8) is 0 Å². The van der Waals surface area contributed by atoms with Crippen LogP contribution in [0, 0.1) is 5.82 Å². The minimum absolute atomic E-state index is 0.130. The summed E-state index contributed by atoms with van der Waals surface area (Å²) in [5.41, 5.74) is 0.757. The number of halogens is 2. The van der Waals surface area contributed by atoms with Gasteiger partial charge in [0.2, 0.25) is 0 Å². The Hall–Kier alpha value is -0.370. The van der Waals surface area contributed by atoms with E-state index in [2.05, 4.69) is 15.9 Å². The third-order valence-electron chi connectivity index (χ3n) is 1.58. The van der Waals surface area contributed by atoms with E-state index in [-0.39, 0.29) is 11.7 Å². The smallest absolute Gasteiger partial charge is 0.127 e. The maximum atomic E-state index is 13.1. The van der Waals surface area contributed by atoms with Crippen LogP contribution in [0.5, 0.6) is 0 Å². The summed E-state index contributed by atoms with van der Waals surface area (Å²) in [6.45, 7) is 3.95. The highest BCUT2D eigenvalue weighted by Gasteiger charge is 2.08. The standard InChI is InChI=1S/C9H10BrF/c1-6(2)9-7(10)4-3-5-8(9)11/h3-6H,1-2H3. The molecule has 0 aliphatic carbocycles. The lowest BCUT2D eigenvalue weighted by molar-refractivity contribution is 0.596. The molecule has 0 amide bonds. The van der Waals surface area contributed by atoms with Gasteiger partial charge in [-0.15, -0.1) is 0 Å². The van der Waals surface area contributed by atoms with Crippen molar-refractivity contribution in [1.82, 2.24) is 0 Å². The molecule has 0 aliphatic rings. The van der Waals surface area contributed by atoms with Crippen molar-refractivity contribution >= 4 is 15.9 Å². The molecule has 0 saturated carbocycles. The summed E-state index contributed by atoms with van der Waals surface area (Å²) in [7, 11) is 0. The first-order valence-electron chi connectivity index (χ1n) is 3.57. The van der Waals surface area contributed by atoms with Crippen LogP contribution in [0.25, 0.3) is 0 Å². The topological polar surface area (TPSA) is 0 Å². The molecule has 0 heterocycles. The van der Waals surface area contributed by atoms with Gasteiger partial charge in [-0.3, -0.25) is 0 Å². The predicted molar refractivity (Wildman–Crippen MR) is 48.2 cm³/mol. The molecule has 0 spiro atoms. The molecule has 60 valence electrons. The zero-order valence-electron chi connectivity index (χ0n) is 6.57. The Kier molecular flexibility index (Phi) is 2.66. The van der Waals surface area contributed by atoms with E-state index < -0.39 is 0 Å². The van der Waals surface area contributed by atoms with Gasteiger partial charge in [0, 0.05) is 10.0 Å². The second-order valence-electron chi connectivity index (χ2n) is 2.79. The van der Waals surface area contributed by atoms with E-state index in [0.717, 1.165) is 10.0 Å². The lowest BCUT2D eigenvalue weighted by Crippen LogP contribution is -1.93. The monoisotopic (exact) mass is 216 g/mol. The van der Waals surface area contributed by atoms with Crippen LogP contribution >= 0.6 is 15.9 Å². The molecule has 0 bridgehead atoms. The van der Waals surface area contributed by atoms with Gasteiger partial charge in [-0.1, -0.05) is 35.8 Å². The summed E-state index contributed by atoms with van der Waals surface area (Å²) in [6.07, 6.45) is 0. The summed E-state index contributed by atoms with van der Waals surface area (Å²) < 4.78 is 13.9. The minimum Gasteiger partial charge on any atom is -0.207 e. The van der Waals surface area contributed by atoms with E-state index in [1.165, 1.54) is 6.07 Å². The maximum absolute atomic E-state index is 13.1. The Labute approximate surface area is 74.6 Å². The molecule has 1 aromatic rings. The Bertz CT molecular complexity index is 235. The Morgan fingerprint density at radius 1 is 1.36 bits per heavy atom. The summed E-state index contributed by atoms with van der Waals surface area (Å²) in [4.78, 5) is 0. The predicted octanol–water partition coefficient (Wildman–Crippen LogP) is 3.71. The van der Waals surface area contributed by atoms with Crippen molar-refractivity contribution in [3.8, 4) is 0 Å². The van der Waals surface area contributed by atoms with Crippen LogP contribution in [-0.2, 0) is 0 Å². The molecular formula is C9H10BrF. The van der Waals surface area contributed by atoms with Crippen molar-refractivity contribution in [2.75, 3.05) is 0 Å². The summed E-state index contributed by atoms with van der Waals surface area (Å²) >= 11 is 3.31. The lowest BCUT2D eigenvalue weighted by atomic mass is 10.0. The molecule has 11 heavy (non-hydrogen) atoms. The first kappa shape index (κ1) is 8.72. The average molecular weight is 217 g/mol. The van der Waals surface area contributed by atoms with E-state index in [1.54, 1.807) is 6.07 Å². The van der Waals surface area contributed by atoms with E-state index in [0.29, 0.717) is 0 Å². The van der Waals surface area contributed by atoms with Gasteiger partial charge in [-0.2, -0.15) is 0 Å². The lowest BCUT2D eigenvalue weighted by Gasteiger charge is -2.08. The number of hydrogen-bond donors (Lipinski definition) is 0. The van der Waals surface area contributed by atoms with Gasteiger partial charge in [-0.25, -0.2) is 4.39 Å². The van der Waals surface area contributed by atoms with Crippen molar-refractivity contribution in [3.05, 3.63) is 34.1 Å². The molecule has 0 aromatic heterocycles. The van der Waals surface area contributed by atoms with Crippen molar-refractivity contribution in [2.45, 2.75) is 19.8 Å². The highest BCUT2D eigenvalue weighted by Crippen LogP contribution is 2.26. The molecule has 0 unspecified atom stereocenters. The zero-order valence-corrected chi connectivity index (χ0v) is 8.15. The van der Waals surface area contributed by atoms with E-state index in [9.17, 15) is 4.39 Å². The Morgan fingerprint density at radius 2 is 2.00 bits per heavy atom. The second-order valence-corrected chi connectivity index (χ2v) is 3.64. The van der Waals surface area contributed by atoms with Gasteiger partial charge in [0.25, 0.3) is 0 Å². The first-order chi connectivity index (χ1) is 5.13. The SMILES string of the molecule is CC(C)c1c(F)cccc1Br. The van der Waals surface area contributed by atoms with Crippen LogP contribution in [-0.4, -0.2) is 0 Å². The second kappa shape index (κ2) is 3.35.